The monoisotopic (exact) mass is 331 g/mol. The molecule has 2 aliphatic rings. The van der Waals surface area contributed by atoms with E-state index >= 15 is 0 Å². The van der Waals surface area contributed by atoms with E-state index in [0.29, 0.717) is 19.5 Å². The summed E-state index contributed by atoms with van der Waals surface area (Å²) in [4.78, 5) is 26.6. The van der Waals surface area contributed by atoms with E-state index in [1.807, 2.05) is 6.92 Å². The van der Waals surface area contributed by atoms with E-state index in [0.717, 1.165) is 19.3 Å². The topological polar surface area (TPSA) is 78.0 Å². The molecule has 0 aromatic carbocycles. The van der Waals surface area contributed by atoms with Crippen molar-refractivity contribution in [2.45, 2.75) is 45.6 Å². The zero-order valence-corrected chi connectivity index (χ0v) is 14.1. The third kappa shape index (κ3) is 3.78. The number of hydrogen-bond acceptors (Lipinski definition) is 4. The molecular formula is C14H25N3O4S. The Labute approximate surface area is 132 Å². The van der Waals surface area contributed by atoms with Gasteiger partial charge in [0.2, 0.25) is 21.8 Å². The number of hydrogen-bond donors (Lipinski definition) is 0. The van der Waals surface area contributed by atoms with Crippen molar-refractivity contribution < 1.29 is 18.0 Å². The zero-order chi connectivity index (χ0) is 16.3. The van der Waals surface area contributed by atoms with Crippen molar-refractivity contribution in [3.63, 3.8) is 0 Å². The number of carbonyl (C=O) groups excluding carboxylic acids is 2. The molecule has 8 heteroatoms. The van der Waals surface area contributed by atoms with Crippen molar-refractivity contribution in [1.82, 2.24) is 14.1 Å². The molecule has 2 heterocycles. The van der Waals surface area contributed by atoms with Crippen molar-refractivity contribution in [2.75, 3.05) is 32.1 Å². The average molecular weight is 331 g/mol. The fourth-order valence-electron chi connectivity index (χ4n) is 3.16. The Balaban J connectivity index is 1.95. The summed E-state index contributed by atoms with van der Waals surface area (Å²) in [5.41, 5.74) is 0. The van der Waals surface area contributed by atoms with E-state index in [4.69, 9.17) is 0 Å². The lowest BCUT2D eigenvalue weighted by molar-refractivity contribution is -0.132. The zero-order valence-electron chi connectivity index (χ0n) is 13.3. The van der Waals surface area contributed by atoms with Gasteiger partial charge in [0, 0.05) is 26.1 Å². The smallest absolute Gasteiger partial charge is 0.239 e. The molecule has 0 saturated carbocycles. The van der Waals surface area contributed by atoms with E-state index < -0.39 is 10.0 Å². The van der Waals surface area contributed by atoms with Crippen LogP contribution in [0.25, 0.3) is 0 Å². The maximum absolute atomic E-state index is 12.4. The molecule has 0 N–H and O–H groups in total. The van der Waals surface area contributed by atoms with Gasteiger partial charge in [0.25, 0.3) is 0 Å². The van der Waals surface area contributed by atoms with Gasteiger partial charge < -0.3 is 9.80 Å². The first kappa shape index (κ1) is 17.2. The first-order valence-electron chi connectivity index (χ1n) is 7.88. The third-order valence-electron chi connectivity index (χ3n) is 4.51. The molecule has 1 unspecified atom stereocenters. The highest BCUT2D eigenvalue weighted by Gasteiger charge is 2.35. The summed E-state index contributed by atoms with van der Waals surface area (Å²) in [6, 6.07) is 0.00149. The van der Waals surface area contributed by atoms with E-state index in [9.17, 15) is 18.0 Å². The molecule has 2 rings (SSSR count). The molecule has 2 amide bonds. The Bertz CT molecular complexity index is 534. The molecule has 1 atom stereocenters. The number of amides is 2. The maximum Gasteiger partial charge on any atom is 0.239 e. The number of likely N-dealkylation sites (tertiary alicyclic amines) is 1. The summed E-state index contributed by atoms with van der Waals surface area (Å²) in [5.74, 6) is -0.142. The van der Waals surface area contributed by atoms with E-state index in [1.54, 1.807) is 4.90 Å². The van der Waals surface area contributed by atoms with Gasteiger partial charge in [-0.2, -0.15) is 4.31 Å². The second-order valence-corrected chi connectivity index (χ2v) is 8.06. The van der Waals surface area contributed by atoms with Crippen LogP contribution in [0.4, 0.5) is 0 Å². The summed E-state index contributed by atoms with van der Waals surface area (Å²) < 4.78 is 26.1. The number of rotatable bonds is 5. The van der Waals surface area contributed by atoms with Gasteiger partial charge in [-0.1, -0.05) is 0 Å². The van der Waals surface area contributed by atoms with Gasteiger partial charge >= 0.3 is 0 Å². The minimum absolute atomic E-state index is 0.00149. The van der Waals surface area contributed by atoms with Crippen LogP contribution in [0.3, 0.4) is 0 Å². The highest BCUT2D eigenvalue weighted by molar-refractivity contribution is 7.89. The molecule has 0 radical (unpaired) electrons. The predicted molar refractivity (Wildman–Crippen MR) is 82.4 cm³/mol. The number of carbonyl (C=O) groups is 2. The quantitative estimate of drug-likeness (QED) is 0.722. The fourth-order valence-corrected chi connectivity index (χ4v) is 4.61. The van der Waals surface area contributed by atoms with Gasteiger partial charge in [-0.05, 0) is 32.6 Å². The van der Waals surface area contributed by atoms with Gasteiger partial charge in [-0.15, -0.1) is 0 Å². The maximum atomic E-state index is 12.4. The normalized spacial score (nSPS) is 24.1. The first-order valence-corrected chi connectivity index (χ1v) is 9.49. The number of nitrogens with zero attached hydrogens (tertiary/aromatic N) is 3. The van der Waals surface area contributed by atoms with Crippen LogP contribution in [0.2, 0.25) is 0 Å². The second-order valence-electron chi connectivity index (χ2n) is 5.97. The number of piperidine rings is 1. The van der Waals surface area contributed by atoms with Crippen LogP contribution in [0, 0.1) is 0 Å². The van der Waals surface area contributed by atoms with Crippen molar-refractivity contribution in [2.24, 2.45) is 0 Å². The average Bonchev–Trinajstić information content (AvgIpc) is 2.87. The van der Waals surface area contributed by atoms with Crippen LogP contribution >= 0.6 is 0 Å². The molecule has 2 fully saturated rings. The minimum Gasteiger partial charge on any atom is -0.340 e. The number of likely N-dealkylation sites (N-methyl/N-ethyl adjacent to an activating group) is 1. The largest absolute Gasteiger partial charge is 0.340 e. The van der Waals surface area contributed by atoms with Gasteiger partial charge in [-0.3, -0.25) is 9.59 Å². The Morgan fingerprint density at radius 2 is 2.05 bits per heavy atom. The SMILES string of the molecule is CCN1CN(S(=O)(=O)CCC2CCCCN2C(C)=O)CC1=O. The van der Waals surface area contributed by atoms with Gasteiger partial charge in [0.1, 0.15) is 0 Å². The molecule has 2 saturated heterocycles. The predicted octanol–water partition coefficient (Wildman–Crippen LogP) is 0.229. The molecule has 2 aliphatic heterocycles. The number of sulfonamides is 1. The lowest BCUT2D eigenvalue weighted by atomic mass is 10.00. The minimum atomic E-state index is -3.45. The van der Waals surface area contributed by atoms with Crippen molar-refractivity contribution in [3.05, 3.63) is 0 Å². The van der Waals surface area contributed by atoms with Crippen LogP contribution in [0.5, 0.6) is 0 Å². The Kier molecular flexibility index (Phi) is 5.44. The highest BCUT2D eigenvalue weighted by atomic mass is 32.2. The van der Waals surface area contributed by atoms with Crippen LogP contribution in [-0.2, 0) is 19.6 Å². The van der Waals surface area contributed by atoms with Crippen molar-refractivity contribution >= 4 is 21.8 Å². The Morgan fingerprint density at radius 1 is 1.32 bits per heavy atom. The molecule has 0 aromatic rings. The first-order chi connectivity index (χ1) is 10.3. The lowest BCUT2D eigenvalue weighted by Gasteiger charge is -2.35. The van der Waals surface area contributed by atoms with Gasteiger partial charge in [-0.25, -0.2) is 8.42 Å². The Morgan fingerprint density at radius 3 is 2.64 bits per heavy atom. The standard InChI is InChI=1S/C14H25N3O4S/c1-3-15-11-16(10-14(15)19)22(20,21)9-7-13-6-4-5-8-17(13)12(2)18/h13H,3-11H2,1-2H3. The van der Waals surface area contributed by atoms with Crippen LogP contribution < -0.4 is 0 Å². The lowest BCUT2D eigenvalue weighted by Crippen LogP contribution is -2.44. The third-order valence-corrected chi connectivity index (χ3v) is 6.29. The van der Waals surface area contributed by atoms with Crippen molar-refractivity contribution in [3.8, 4) is 0 Å². The summed E-state index contributed by atoms with van der Waals surface area (Å²) >= 11 is 0. The molecule has 0 aromatic heterocycles. The molecule has 0 spiro atoms. The van der Waals surface area contributed by atoms with Gasteiger partial charge in [0.05, 0.1) is 19.0 Å². The molecular weight excluding hydrogens is 306 g/mol. The van der Waals surface area contributed by atoms with Crippen LogP contribution in [0.15, 0.2) is 0 Å². The second kappa shape index (κ2) is 6.95. The molecule has 22 heavy (non-hydrogen) atoms. The van der Waals surface area contributed by atoms with Gasteiger partial charge in [0.15, 0.2) is 0 Å². The molecule has 7 nitrogen and oxygen atoms in total. The van der Waals surface area contributed by atoms with E-state index in [1.165, 1.54) is 16.1 Å². The Hall–Kier alpha value is -1.15. The van der Waals surface area contributed by atoms with E-state index in [2.05, 4.69) is 0 Å². The van der Waals surface area contributed by atoms with Crippen LogP contribution in [-0.4, -0.2) is 72.4 Å². The summed E-state index contributed by atoms with van der Waals surface area (Å²) in [6.45, 7) is 4.69. The fraction of sp³-hybridized carbons (Fsp3) is 0.857. The van der Waals surface area contributed by atoms with Crippen LogP contribution in [0.1, 0.15) is 39.5 Å². The molecule has 0 aliphatic carbocycles. The highest BCUT2D eigenvalue weighted by Crippen LogP contribution is 2.21. The summed E-state index contributed by atoms with van der Waals surface area (Å²) in [6.07, 6.45) is 3.31. The van der Waals surface area contributed by atoms with Crippen molar-refractivity contribution in [1.29, 1.82) is 0 Å². The summed E-state index contributed by atoms with van der Waals surface area (Å²) in [5, 5.41) is 0. The summed E-state index contributed by atoms with van der Waals surface area (Å²) in [7, 11) is -3.45. The van der Waals surface area contributed by atoms with E-state index in [-0.39, 0.29) is 36.8 Å². The molecule has 0 bridgehead atoms. The molecule has 126 valence electrons.